The number of rotatable bonds is 4. The molecule has 1 aromatic carbocycles. The fraction of sp³-hybridized carbons (Fsp3) is 0.500. The molecule has 1 aromatic rings. The molecule has 0 saturated heterocycles. The quantitative estimate of drug-likeness (QED) is 0.829. The summed E-state index contributed by atoms with van der Waals surface area (Å²) in [6.45, 7) is 0. The Morgan fingerprint density at radius 3 is 2.23 bits per heavy atom. The largest absolute Gasteiger partial charge is 0.312 e. The van der Waals surface area contributed by atoms with Crippen LogP contribution < -0.4 is 10.3 Å². The van der Waals surface area contributed by atoms with Gasteiger partial charge in [-0.25, -0.2) is 8.42 Å². The second kappa shape index (κ2) is 5.25. The predicted octanol–water partition coefficient (Wildman–Crippen LogP) is 3.22. The average Bonchev–Trinajstić information content (AvgIpc) is 2.46. The maximum atomic E-state index is 12.3. The minimum atomic E-state index is -3.56. The van der Waals surface area contributed by atoms with Gasteiger partial charge < -0.3 is 5.43 Å². The molecule has 4 nitrogen and oxygen atoms in total. The molecule has 5 rings (SSSR count). The van der Waals surface area contributed by atoms with Gasteiger partial charge in [0.15, 0.2) is 0 Å². The molecule has 0 amide bonds. The molecule has 0 aromatic heterocycles. The van der Waals surface area contributed by atoms with Crippen LogP contribution in [0.3, 0.4) is 0 Å². The number of sulfonamides is 1. The molecule has 2 N–H and O–H groups in total. The molecule has 0 radical (unpaired) electrons. The van der Waals surface area contributed by atoms with E-state index in [1.807, 2.05) is 0 Å². The first kappa shape index (κ1) is 14.5. The first-order chi connectivity index (χ1) is 10.5. The second-order valence-corrected chi connectivity index (χ2v) is 8.86. The van der Waals surface area contributed by atoms with Gasteiger partial charge in [0, 0.05) is 16.6 Å². The summed E-state index contributed by atoms with van der Waals surface area (Å²) in [5.41, 5.74) is 5.59. The van der Waals surface area contributed by atoms with Crippen molar-refractivity contribution in [1.82, 2.24) is 10.3 Å². The number of hydrogen-bond donors (Lipinski definition) is 2. The highest BCUT2D eigenvalue weighted by molar-refractivity contribution is 7.89. The Bertz CT molecular complexity index is 711. The third-order valence-corrected chi connectivity index (χ3v) is 6.72. The molecule has 0 heterocycles. The number of hydrogen-bond acceptors (Lipinski definition) is 3. The van der Waals surface area contributed by atoms with E-state index in [-0.39, 0.29) is 4.90 Å². The number of allylic oxidation sites excluding steroid dienone is 2. The fourth-order valence-corrected chi connectivity index (χ4v) is 5.39. The number of benzene rings is 1. The average molecular weight is 339 g/mol. The van der Waals surface area contributed by atoms with E-state index in [1.165, 1.54) is 37.0 Å². The lowest BCUT2D eigenvalue weighted by Gasteiger charge is -2.47. The topological polar surface area (TPSA) is 58.2 Å². The maximum Gasteiger partial charge on any atom is 0.257 e. The molecule has 118 valence electrons. The lowest BCUT2D eigenvalue weighted by molar-refractivity contribution is 0.149. The van der Waals surface area contributed by atoms with Crippen molar-refractivity contribution in [3.63, 3.8) is 0 Å². The summed E-state index contributed by atoms with van der Waals surface area (Å²) in [5, 5.41) is 0.526. The van der Waals surface area contributed by atoms with Crippen LogP contribution in [-0.2, 0) is 10.0 Å². The Labute approximate surface area is 136 Å². The smallest absolute Gasteiger partial charge is 0.257 e. The highest BCUT2D eigenvalue weighted by Crippen LogP contribution is 2.52. The highest BCUT2D eigenvalue weighted by atomic mass is 35.5. The minimum Gasteiger partial charge on any atom is -0.312 e. The summed E-state index contributed by atoms with van der Waals surface area (Å²) in [7, 11) is -3.56. The van der Waals surface area contributed by atoms with Gasteiger partial charge in [0.2, 0.25) is 0 Å². The summed E-state index contributed by atoms with van der Waals surface area (Å²) >= 11 is 5.80. The monoisotopic (exact) mass is 338 g/mol. The first-order valence-electron chi connectivity index (χ1n) is 7.76. The van der Waals surface area contributed by atoms with Gasteiger partial charge in [0.05, 0.1) is 4.90 Å². The van der Waals surface area contributed by atoms with Gasteiger partial charge in [0.1, 0.15) is 0 Å². The minimum absolute atomic E-state index is 0.221. The van der Waals surface area contributed by atoms with Gasteiger partial charge in [-0.1, -0.05) is 11.6 Å². The lowest BCUT2D eigenvalue weighted by atomic mass is 9.60. The van der Waals surface area contributed by atoms with Crippen molar-refractivity contribution in [3.8, 4) is 0 Å². The number of halogens is 1. The van der Waals surface area contributed by atoms with Crippen molar-refractivity contribution in [2.75, 3.05) is 0 Å². The number of hydrazine groups is 1. The normalized spacial score (nSPS) is 30.0. The van der Waals surface area contributed by atoms with Crippen molar-refractivity contribution in [1.29, 1.82) is 0 Å². The zero-order chi connectivity index (χ0) is 15.3. The van der Waals surface area contributed by atoms with E-state index in [1.54, 1.807) is 12.1 Å². The molecule has 2 unspecified atom stereocenters. The van der Waals surface area contributed by atoms with Gasteiger partial charge in [-0.3, -0.25) is 0 Å². The SMILES string of the molecule is O=S(=O)(NNC1=C2CC3CC(C2)CC1C3)c1ccc(Cl)cc1. The van der Waals surface area contributed by atoms with Crippen molar-refractivity contribution in [2.45, 2.75) is 37.0 Å². The van der Waals surface area contributed by atoms with Crippen LogP contribution in [0.25, 0.3) is 0 Å². The Hall–Kier alpha value is -1.04. The van der Waals surface area contributed by atoms with Crippen LogP contribution >= 0.6 is 11.6 Å². The first-order valence-corrected chi connectivity index (χ1v) is 9.62. The van der Waals surface area contributed by atoms with Crippen LogP contribution in [-0.4, -0.2) is 8.42 Å². The van der Waals surface area contributed by atoms with Crippen LogP contribution in [0.15, 0.2) is 40.4 Å². The third kappa shape index (κ3) is 2.55. The molecular formula is C16H19ClN2O2S. The lowest BCUT2D eigenvalue weighted by Crippen LogP contribution is -2.45. The Morgan fingerprint density at radius 2 is 1.64 bits per heavy atom. The van der Waals surface area contributed by atoms with Gasteiger partial charge in [-0.05, 0) is 73.8 Å². The van der Waals surface area contributed by atoms with Crippen molar-refractivity contribution in [2.24, 2.45) is 17.8 Å². The summed E-state index contributed by atoms with van der Waals surface area (Å²) in [6, 6.07) is 6.20. The Morgan fingerprint density at radius 1 is 1.00 bits per heavy atom. The third-order valence-electron chi connectivity index (χ3n) is 5.21. The van der Waals surface area contributed by atoms with E-state index >= 15 is 0 Å². The van der Waals surface area contributed by atoms with E-state index in [0.29, 0.717) is 10.9 Å². The van der Waals surface area contributed by atoms with E-state index < -0.39 is 10.0 Å². The Balaban J connectivity index is 1.52. The molecule has 2 fully saturated rings. The molecule has 4 aliphatic carbocycles. The number of nitrogens with one attached hydrogen (secondary N) is 2. The van der Waals surface area contributed by atoms with E-state index in [9.17, 15) is 8.42 Å². The van der Waals surface area contributed by atoms with Gasteiger partial charge in [0.25, 0.3) is 10.0 Å². The van der Waals surface area contributed by atoms with Crippen LogP contribution in [0.5, 0.6) is 0 Å². The van der Waals surface area contributed by atoms with E-state index in [2.05, 4.69) is 10.3 Å². The molecule has 0 spiro atoms. The predicted molar refractivity (Wildman–Crippen MR) is 85.5 cm³/mol. The molecule has 4 aliphatic rings. The zero-order valence-electron chi connectivity index (χ0n) is 12.2. The molecular weight excluding hydrogens is 320 g/mol. The van der Waals surface area contributed by atoms with Crippen LogP contribution in [0, 0.1) is 17.8 Å². The molecule has 0 aliphatic heterocycles. The van der Waals surface area contributed by atoms with Crippen molar-refractivity contribution in [3.05, 3.63) is 40.6 Å². The standard InChI is InChI=1S/C16H19ClN2O2S/c17-14-1-3-15(4-2-14)22(20,21)19-18-16-12-6-10-5-11(8-12)9-13(16)7-10/h1-4,10-12,18-19H,5-9H2. The molecule has 2 saturated carbocycles. The molecule has 4 bridgehead atoms. The van der Waals surface area contributed by atoms with Crippen LogP contribution in [0.1, 0.15) is 32.1 Å². The zero-order valence-corrected chi connectivity index (χ0v) is 13.8. The molecule has 22 heavy (non-hydrogen) atoms. The fourth-order valence-electron chi connectivity index (χ4n) is 4.41. The molecule has 6 heteroatoms. The summed E-state index contributed by atoms with van der Waals surface area (Å²) in [4.78, 5) is 2.77. The van der Waals surface area contributed by atoms with Crippen molar-refractivity contribution < 1.29 is 8.42 Å². The Kier molecular flexibility index (Phi) is 3.47. The second-order valence-electron chi connectivity index (χ2n) is 6.75. The summed E-state index contributed by atoms with van der Waals surface area (Å²) in [6.07, 6.45) is 6.04. The maximum absolute atomic E-state index is 12.3. The van der Waals surface area contributed by atoms with Gasteiger partial charge in [-0.2, -0.15) is 0 Å². The summed E-state index contributed by atoms with van der Waals surface area (Å²) < 4.78 is 24.7. The highest BCUT2D eigenvalue weighted by Gasteiger charge is 2.42. The van der Waals surface area contributed by atoms with Gasteiger partial charge in [-0.15, -0.1) is 4.83 Å². The van der Waals surface area contributed by atoms with Crippen molar-refractivity contribution >= 4 is 21.6 Å². The summed E-state index contributed by atoms with van der Waals surface area (Å²) in [5.74, 6) is 2.16. The van der Waals surface area contributed by atoms with E-state index in [0.717, 1.165) is 30.4 Å². The van der Waals surface area contributed by atoms with E-state index in [4.69, 9.17) is 11.6 Å². The van der Waals surface area contributed by atoms with Crippen LogP contribution in [0.4, 0.5) is 0 Å². The van der Waals surface area contributed by atoms with Crippen LogP contribution in [0.2, 0.25) is 5.02 Å². The molecule has 2 atom stereocenters. The van der Waals surface area contributed by atoms with Gasteiger partial charge >= 0.3 is 0 Å².